The first kappa shape index (κ1) is 50.7. The Kier molecular flexibility index (Phi) is 35.6. The summed E-state index contributed by atoms with van der Waals surface area (Å²) in [5.41, 5.74) is 0. The number of carbonyl (C=O) groups is 6. The van der Waals surface area contributed by atoms with E-state index in [1.165, 1.54) is 44.9 Å². The number of ether oxygens (including phenoxy) is 4. The number of carboxylic acid groups (broad SMARTS) is 2. The quantitative estimate of drug-likeness (QED) is 0.0492. The van der Waals surface area contributed by atoms with E-state index in [0.717, 1.165) is 44.9 Å². The predicted octanol–water partition coefficient (Wildman–Crippen LogP) is 3.49. The fraction of sp³-hybridized carbons (Fsp3) is 0.842. The van der Waals surface area contributed by atoms with Gasteiger partial charge >= 0.3 is 11.9 Å². The van der Waals surface area contributed by atoms with Gasteiger partial charge in [0.05, 0.1) is 39.6 Å². The van der Waals surface area contributed by atoms with Gasteiger partial charge in [-0.05, 0) is 25.7 Å². The third kappa shape index (κ3) is 37.0. The van der Waals surface area contributed by atoms with E-state index in [2.05, 4.69) is 21.3 Å². The van der Waals surface area contributed by atoms with Crippen molar-refractivity contribution in [3.63, 3.8) is 0 Å². The van der Waals surface area contributed by atoms with Crippen molar-refractivity contribution in [2.75, 3.05) is 72.5 Å². The minimum absolute atomic E-state index is 0.0133. The summed E-state index contributed by atoms with van der Waals surface area (Å²) < 4.78 is 21.2. The van der Waals surface area contributed by atoms with Crippen molar-refractivity contribution < 1.29 is 57.9 Å². The molecule has 0 aromatic rings. The Labute approximate surface area is 321 Å². The van der Waals surface area contributed by atoms with Crippen molar-refractivity contribution in [1.29, 1.82) is 0 Å². The highest BCUT2D eigenvalue weighted by molar-refractivity contribution is 5.84. The van der Waals surface area contributed by atoms with Gasteiger partial charge < -0.3 is 50.4 Å². The summed E-state index contributed by atoms with van der Waals surface area (Å²) in [7, 11) is 0. The first-order chi connectivity index (χ1) is 26.1. The van der Waals surface area contributed by atoms with Crippen LogP contribution in [0.15, 0.2) is 0 Å². The normalized spacial score (nSPS) is 11.5. The van der Waals surface area contributed by atoms with Crippen molar-refractivity contribution in [3.05, 3.63) is 0 Å². The molecule has 0 unspecified atom stereocenters. The Morgan fingerprint density at radius 1 is 0.463 bits per heavy atom. The standard InChI is InChI=1S/C38H70N4O12/c1-2-21-39-35(45)30-53-28-27-52-25-23-41-36(46)31-54-29-26-51-24-22-40-33(43)20-19-32(38(49)50)42-34(44)17-15-13-11-9-7-5-3-4-6-8-10-12-14-16-18-37(47)48/h32H,2-31H2,1H3,(H,39,45)(H,40,43)(H,41,46)(H,42,44)(H,47,48)(H,49,50)/t32-/m1/s1. The van der Waals surface area contributed by atoms with Crippen LogP contribution < -0.4 is 21.3 Å². The van der Waals surface area contributed by atoms with Crippen molar-refractivity contribution in [2.24, 2.45) is 0 Å². The molecule has 4 amide bonds. The average Bonchev–Trinajstić information content (AvgIpc) is 3.14. The van der Waals surface area contributed by atoms with Crippen LogP contribution in [0.4, 0.5) is 0 Å². The van der Waals surface area contributed by atoms with E-state index in [-0.39, 0.29) is 95.5 Å². The van der Waals surface area contributed by atoms with Crippen LogP contribution in [-0.4, -0.2) is 124 Å². The van der Waals surface area contributed by atoms with Crippen molar-refractivity contribution >= 4 is 35.6 Å². The number of hydrogen-bond donors (Lipinski definition) is 6. The third-order valence-electron chi connectivity index (χ3n) is 8.26. The molecule has 0 fully saturated rings. The Morgan fingerprint density at radius 2 is 0.870 bits per heavy atom. The molecular formula is C38H70N4O12. The summed E-state index contributed by atoms with van der Waals surface area (Å²) in [6, 6.07) is -1.13. The summed E-state index contributed by atoms with van der Waals surface area (Å²) in [5.74, 6) is -3.02. The fourth-order valence-electron chi connectivity index (χ4n) is 5.23. The highest BCUT2D eigenvalue weighted by atomic mass is 16.5. The Bertz CT molecular complexity index is 1000. The lowest BCUT2D eigenvalue weighted by Gasteiger charge is -2.14. The molecule has 0 aromatic heterocycles. The molecule has 16 heteroatoms. The minimum atomic E-state index is -1.18. The van der Waals surface area contributed by atoms with E-state index < -0.39 is 18.0 Å². The zero-order valence-corrected chi connectivity index (χ0v) is 32.8. The molecule has 0 radical (unpaired) electrons. The van der Waals surface area contributed by atoms with Crippen LogP contribution in [0, 0.1) is 0 Å². The molecule has 0 spiro atoms. The Balaban J connectivity index is 3.65. The topological polar surface area (TPSA) is 228 Å². The summed E-state index contributed by atoms with van der Waals surface area (Å²) in [5, 5.41) is 28.7. The molecule has 0 saturated carbocycles. The van der Waals surface area contributed by atoms with Crippen LogP contribution in [0.5, 0.6) is 0 Å². The molecule has 16 nitrogen and oxygen atoms in total. The minimum Gasteiger partial charge on any atom is -0.481 e. The number of amides is 4. The molecular weight excluding hydrogens is 704 g/mol. The molecule has 0 heterocycles. The van der Waals surface area contributed by atoms with Crippen LogP contribution in [0.25, 0.3) is 0 Å². The lowest BCUT2D eigenvalue weighted by molar-refractivity contribution is -0.142. The molecule has 1 atom stereocenters. The number of nitrogens with one attached hydrogen (secondary N) is 4. The molecule has 0 aliphatic carbocycles. The smallest absolute Gasteiger partial charge is 0.326 e. The van der Waals surface area contributed by atoms with Crippen LogP contribution in [0.2, 0.25) is 0 Å². The summed E-state index contributed by atoms with van der Waals surface area (Å²) in [4.78, 5) is 69.8. The second-order valence-corrected chi connectivity index (χ2v) is 13.2. The lowest BCUT2D eigenvalue weighted by Crippen LogP contribution is -2.41. The monoisotopic (exact) mass is 774 g/mol. The second-order valence-electron chi connectivity index (χ2n) is 13.2. The average molecular weight is 775 g/mol. The number of unbranched alkanes of at least 4 members (excludes halogenated alkanes) is 13. The van der Waals surface area contributed by atoms with Gasteiger partial charge in [0.1, 0.15) is 19.3 Å². The number of carbonyl (C=O) groups excluding carboxylic acids is 4. The van der Waals surface area contributed by atoms with Gasteiger partial charge in [0.15, 0.2) is 0 Å². The largest absolute Gasteiger partial charge is 0.481 e. The van der Waals surface area contributed by atoms with E-state index in [1.54, 1.807) is 0 Å². The van der Waals surface area contributed by atoms with Gasteiger partial charge in [-0.25, -0.2) is 4.79 Å². The highest BCUT2D eigenvalue weighted by Crippen LogP contribution is 2.14. The molecule has 0 aromatic carbocycles. The zero-order chi connectivity index (χ0) is 39.9. The summed E-state index contributed by atoms with van der Waals surface area (Å²) in [6.45, 7) is 4.45. The number of aliphatic carboxylic acids is 2. The van der Waals surface area contributed by atoms with Crippen LogP contribution >= 0.6 is 0 Å². The number of rotatable bonds is 40. The van der Waals surface area contributed by atoms with Gasteiger partial charge in [0.2, 0.25) is 23.6 Å². The van der Waals surface area contributed by atoms with Gasteiger partial charge in [-0.2, -0.15) is 0 Å². The first-order valence-corrected chi connectivity index (χ1v) is 20.0. The Morgan fingerprint density at radius 3 is 1.31 bits per heavy atom. The van der Waals surface area contributed by atoms with E-state index in [9.17, 15) is 33.9 Å². The molecule has 0 aliphatic heterocycles. The predicted molar refractivity (Wildman–Crippen MR) is 203 cm³/mol. The van der Waals surface area contributed by atoms with Gasteiger partial charge in [0, 0.05) is 38.9 Å². The van der Waals surface area contributed by atoms with Crippen molar-refractivity contribution in [3.8, 4) is 0 Å². The Hall–Kier alpha value is -3.34. The highest BCUT2D eigenvalue weighted by Gasteiger charge is 2.20. The molecule has 6 N–H and O–H groups in total. The van der Waals surface area contributed by atoms with Gasteiger partial charge in [-0.15, -0.1) is 0 Å². The van der Waals surface area contributed by atoms with Crippen LogP contribution in [-0.2, 0) is 47.7 Å². The maximum Gasteiger partial charge on any atom is 0.326 e. The second kappa shape index (κ2) is 38.0. The van der Waals surface area contributed by atoms with Crippen LogP contribution in [0.1, 0.15) is 129 Å². The molecule has 0 aliphatic rings. The maximum atomic E-state index is 12.3. The van der Waals surface area contributed by atoms with Crippen LogP contribution in [0.3, 0.4) is 0 Å². The van der Waals surface area contributed by atoms with E-state index in [1.807, 2.05) is 6.92 Å². The third-order valence-corrected chi connectivity index (χ3v) is 8.26. The van der Waals surface area contributed by atoms with Crippen molar-refractivity contribution in [1.82, 2.24) is 21.3 Å². The first-order valence-electron chi connectivity index (χ1n) is 20.0. The molecule has 0 bridgehead atoms. The van der Waals surface area contributed by atoms with Crippen molar-refractivity contribution in [2.45, 2.75) is 135 Å². The number of hydrogen-bond acceptors (Lipinski definition) is 10. The van der Waals surface area contributed by atoms with Gasteiger partial charge in [-0.1, -0.05) is 84.0 Å². The summed E-state index contributed by atoms with van der Waals surface area (Å²) in [6.07, 6.45) is 16.4. The molecule has 0 rings (SSSR count). The fourth-order valence-corrected chi connectivity index (χ4v) is 5.23. The maximum absolute atomic E-state index is 12.3. The molecule has 54 heavy (non-hydrogen) atoms. The van der Waals surface area contributed by atoms with E-state index in [4.69, 9.17) is 24.1 Å². The van der Waals surface area contributed by atoms with E-state index in [0.29, 0.717) is 32.7 Å². The van der Waals surface area contributed by atoms with Gasteiger partial charge in [-0.3, -0.25) is 24.0 Å². The molecule has 314 valence electrons. The SMILES string of the molecule is CCCNC(=O)COCCOCCNC(=O)COCCOCCNC(=O)CC[C@@H](NC(=O)CCCCCCCCCCCCCCCCC(=O)O)C(=O)O. The number of carboxylic acids is 2. The lowest BCUT2D eigenvalue weighted by atomic mass is 10.0. The van der Waals surface area contributed by atoms with Gasteiger partial charge in [0.25, 0.3) is 0 Å². The molecule has 0 saturated heterocycles. The van der Waals surface area contributed by atoms with E-state index >= 15 is 0 Å². The summed E-state index contributed by atoms with van der Waals surface area (Å²) >= 11 is 0. The zero-order valence-electron chi connectivity index (χ0n) is 32.8.